The van der Waals surface area contributed by atoms with Crippen molar-refractivity contribution in [1.29, 1.82) is 0 Å². The van der Waals surface area contributed by atoms with E-state index in [1.807, 2.05) is 13.8 Å². The van der Waals surface area contributed by atoms with Crippen LogP contribution in [-0.4, -0.2) is 24.4 Å². The van der Waals surface area contributed by atoms with Gasteiger partial charge in [-0.3, -0.25) is 9.59 Å². The van der Waals surface area contributed by atoms with Crippen LogP contribution in [0.3, 0.4) is 0 Å². The monoisotopic (exact) mass is 339 g/mol. The van der Waals surface area contributed by atoms with Crippen LogP contribution in [0.15, 0.2) is 24.3 Å². The Bertz CT molecular complexity index is 529. The molecule has 0 aromatic heterocycles. The standard InChI is InChI=1S/C17H25N3O2.ClH/c1-3-17(4-2,11-18)16(22)20-14-7-5-12(6-8-14)15(21)19-13-9-10-13;/h5-8,13H,3-4,9-11,18H2,1-2H3,(H,19,21)(H,20,22);1H. The smallest absolute Gasteiger partial charge is 0.251 e. The minimum absolute atomic E-state index is 0. The van der Waals surface area contributed by atoms with Crippen molar-refractivity contribution in [3.05, 3.63) is 29.8 Å². The number of benzene rings is 1. The first-order chi connectivity index (χ1) is 10.5. The molecule has 1 saturated carbocycles. The molecule has 128 valence electrons. The van der Waals surface area contributed by atoms with E-state index in [4.69, 9.17) is 5.73 Å². The fourth-order valence-corrected chi connectivity index (χ4v) is 2.42. The van der Waals surface area contributed by atoms with Crippen molar-refractivity contribution in [2.75, 3.05) is 11.9 Å². The van der Waals surface area contributed by atoms with Crippen LogP contribution in [0.5, 0.6) is 0 Å². The van der Waals surface area contributed by atoms with Crippen molar-refractivity contribution in [2.24, 2.45) is 11.1 Å². The number of anilines is 1. The summed E-state index contributed by atoms with van der Waals surface area (Å²) in [6.45, 7) is 4.27. The van der Waals surface area contributed by atoms with Gasteiger partial charge in [0.05, 0.1) is 5.41 Å². The number of hydrogen-bond donors (Lipinski definition) is 3. The van der Waals surface area contributed by atoms with Crippen molar-refractivity contribution in [1.82, 2.24) is 5.32 Å². The van der Waals surface area contributed by atoms with Crippen LogP contribution in [0.25, 0.3) is 0 Å². The summed E-state index contributed by atoms with van der Waals surface area (Å²) < 4.78 is 0. The van der Waals surface area contributed by atoms with Gasteiger partial charge in [-0.05, 0) is 49.9 Å². The minimum atomic E-state index is -0.526. The highest BCUT2D eigenvalue weighted by molar-refractivity contribution is 5.97. The van der Waals surface area contributed by atoms with Gasteiger partial charge in [-0.2, -0.15) is 0 Å². The number of carbonyl (C=O) groups is 2. The van der Waals surface area contributed by atoms with Crippen LogP contribution in [-0.2, 0) is 4.79 Å². The number of nitrogens with two attached hydrogens (primary N) is 1. The Morgan fingerprint density at radius 1 is 1.17 bits per heavy atom. The van der Waals surface area contributed by atoms with E-state index in [1.54, 1.807) is 24.3 Å². The molecule has 6 heteroatoms. The molecule has 0 spiro atoms. The normalized spacial score (nSPS) is 13.9. The Kier molecular flexibility index (Phi) is 7.03. The zero-order chi connectivity index (χ0) is 16.2. The van der Waals surface area contributed by atoms with Crippen LogP contribution in [0.2, 0.25) is 0 Å². The minimum Gasteiger partial charge on any atom is -0.349 e. The van der Waals surface area contributed by atoms with E-state index in [1.165, 1.54) is 0 Å². The molecule has 0 atom stereocenters. The molecule has 1 aliphatic rings. The molecule has 0 bridgehead atoms. The van der Waals surface area contributed by atoms with Gasteiger partial charge < -0.3 is 16.4 Å². The van der Waals surface area contributed by atoms with Gasteiger partial charge in [0, 0.05) is 23.8 Å². The molecule has 0 unspecified atom stereocenters. The van der Waals surface area contributed by atoms with E-state index in [0.29, 0.717) is 36.7 Å². The lowest BCUT2D eigenvalue weighted by molar-refractivity contribution is -0.125. The second kappa shape index (κ2) is 8.31. The lowest BCUT2D eigenvalue weighted by Crippen LogP contribution is -2.41. The Morgan fingerprint density at radius 2 is 1.74 bits per heavy atom. The number of carbonyl (C=O) groups excluding carboxylic acids is 2. The van der Waals surface area contributed by atoms with E-state index in [2.05, 4.69) is 10.6 Å². The van der Waals surface area contributed by atoms with Crippen LogP contribution in [0, 0.1) is 5.41 Å². The van der Waals surface area contributed by atoms with E-state index >= 15 is 0 Å². The summed E-state index contributed by atoms with van der Waals surface area (Å²) in [6.07, 6.45) is 3.53. The molecule has 4 N–H and O–H groups in total. The maximum Gasteiger partial charge on any atom is 0.251 e. The zero-order valence-electron chi connectivity index (χ0n) is 13.7. The average molecular weight is 340 g/mol. The molecular formula is C17H26ClN3O2. The van der Waals surface area contributed by atoms with Gasteiger partial charge in [-0.25, -0.2) is 0 Å². The van der Waals surface area contributed by atoms with Crippen molar-refractivity contribution in [3.63, 3.8) is 0 Å². The summed E-state index contributed by atoms with van der Waals surface area (Å²) in [4.78, 5) is 24.3. The molecule has 0 aliphatic heterocycles. The highest BCUT2D eigenvalue weighted by Gasteiger charge is 2.33. The molecule has 2 amide bonds. The molecule has 1 fully saturated rings. The molecule has 0 saturated heterocycles. The predicted octanol–water partition coefficient (Wildman–Crippen LogP) is 2.70. The molecule has 5 nitrogen and oxygen atoms in total. The highest BCUT2D eigenvalue weighted by Crippen LogP contribution is 2.27. The number of amides is 2. The van der Waals surface area contributed by atoms with Crippen LogP contribution in [0.1, 0.15) is 49.9 Å². The van der Waals surface area contributed by atoms with E-state index in [0.717, 1.165) is 12.8 Å². The summed E-state index contributed by atoms with van der Waals surface area (Å²) in [6, 6.07) is 7.31. The summed E-state index contributed by atoms with van der Waals surface area (Å²) in [5.74, 6) is -0.117. The fourth-order valence-electron chi connectivity index (χ4n) is 2.42. The summed E-state index contributed by atoms with van der Waals surface area (Å²) in [5.41, 5.74) is 6.56. The summed E-state index contributed by atoms with van der Waals surface area (Å²) >= 11 is 0. The van der Waals surface area contributed by atoms with Gasteiger partial charge in [-0.1, -0.05) is 13.8 Å². The first kappa shape index (κ1) is 19.5. The van der Waals surface area contributed by atoms with Gasteiger partial charge in [0.2, 0.25) is 5.91 Å². The van der Waals surface area contributed by atoms with E-state index in [-0.39, 0.29) is 24.2 Å². The first-order valence-electron chi connectivity index (χ1n) is 7.97. The Morgan fingerprint density at radius 3 is 2.17 bits per heavy atom. The number of hydrogen-bond acceptors (Lipinski definition) is 3. The largest absolute Gasteiger partial charge is 0.349 e. The number of halogens is 1. The van der Waals surface area contributed by atoms with Crippen molar-refractivity contribution in [2.45, 2.75) is 45.6 Å². The Labute approximate surface area is 143 Å². The fraction of sp³-hybridized carbons (Fsp3) is 0.529. The van der Waals surface area contributed by atoms with Gasteiger partial charge in [0.25, 0.3) is 5.91 Å². The maximum absolute atomic E-state index is 12.4. The SMILES string of the molecule is CCC(CC)(CN)C(=O)Nc1ccc(C(=O)NC2CC2)cc1.Cl. The molecule has 1 aromatic rings. The molecule has 1 aliphatic carbocycles. The molecule has 0 radical (unpaired) electrons. The Hall–Kier alpha value is -1.59. The lowest BCUT2D eigenvalue weighted by atomic mass is 9.81. The Balaban J connectivity index is 0.00000264. The first-order valence-corrected chi connectivity index (χ1v) is 7.97. The quantitative estimate of drug-likeness (QED) is 0.714. The van der Waals surface area contributed by atoms with Gasteiger partial charge in [0.15, 0.2) is 0 Å². The van der Waals surface area contributed by atoms with Gasteiger partial charge >= 0.3 is 0 Å². The van der Waals surface area contributed by atoms with Gasteiger partial charge in [-0.15, -0.1) is 12.4 Å². The maximum atomic E-state index is 12.4. The van der Waals surface area contributed by atoms with Crippen molar-refractivity contribution < 1.29 is 9.59 Å². The van der Waals surface area contributed by atoms with Crippen LogP contribution >= 0.6 is 12.4 Å². The number of nitrogens with one attached hydrogen (secondary N) is 2. The molecule has 2 rings (SSSR count). The van der Waals surface area contributed by atoms with E-state index in [9.17, 15) is 9.59 Å². The van der Waals surface area contributed by atoms with Crippen molar-refractivity contribution >= 4 is 29.9 Å². The van der Waals surface area contributed by atoms with Crippen LogP contribution in [0.4, 0.5) is 5.69 Å². The molecule has 0 heterocycles. The van der Waals surface area contributed by atoms with Crippen LogP contribution < -0.4 is 16.4 Å². The van der Waals surface area contributed by atoms with Gasteiger partial charge in [0.1, 0.15) is 0 Å². The molecule has 23 heavy (non-hydrogen) atoms. The second-order valence-corrected chi connectivity index (χ2v) is 5.97. The average Bonchev–Trinajstić information content (AvgIpc) is 3.34. The molecular weight excluding hydrogens is 314 g/mol. The summed E-state index contributed by atoms with van der Waals surface area (Å²) in [5, 5.41) is 5.84. The lowest BCUT2D eigenvalue weighted by Gasteiger charge is -2.28. The van der Waals surface area contributed by atoms with E-state index < -0.39 is 5.41 Å². The third-order valence-corrected chi connectivity index (χ3v) is 4.54. The highest BCUT2D eigenvalue weighted by atomic mass is 35.5. The topological polar surface area (TPSA) is 84.2 Å². The second-order valence-electron chi connectivity index (χ2n) is 5.97. The van der Waals surface area contributed by atoms with Crippen molar-refractivity contribution in [3.8, 4) is 0 Å². The third kappa shape index (κ3) is 4.69. The number of rotatable bonds is 7. The predicted molar refractivity (Wildman–Crippen MR) is 94.9 cm³/mol. The third-order valence-electron chi connectivity index (χ3n) is 4.54. The summed E-state index contributed by atoms with van der Waals surface area (Å²) in [7, 11) is 0. The molecule has 1 aromatic carbocycles. The zero-order valence-corrected chi connectivity index (χ0v) is 14.5.